The highest BCUT2D eigenvalue weighted by molar-refractivity contribution is 5.98. The zero-order chi connectivity index (χ0) is 22.5. The molecule has 1 aliphatic rings. The largest absolute Gasteiger partial charge is 0.378 e. The molecule has 0 unspecified atom stereocenters. The summed E-state index contributed by atoms with van der Waals surface area (Å²) < 4.78 is 15.0. The molecular formula is C21H20FN9O. The van der Waals surface area contributed by atoms with E-state index in [4.69, 9.17) is 11.0 Å². The maximum atomic E-state index is 15.0. The number of primary amides is 1. The van der Waals surface area contributed by atoms with E-state index in [0.29, 0.717) is 36.6 Å². The zero-order valence-electron chi connectivity index (χ0n) is 17.0. The van der Waals surface area contributed by atoms with E-state index >= 15 is 4.39 Å². The fourth-order valence-corrected chi connectivity index (χ4v) is 3.55. The Bertz CT molecular complexity index is 1130. The lowest BCUT2D eigenvalue weighted by atomic mass is 10.0. The van der Waals surface area contributed by atoms with Gasteiger partial charge in [0.2, 0.25) is 0 Å². The SMILES string of the molecule is N#Cc1ccc(N2CC[C@@H](Nc3cc(Cc4cnccn4)ncc3C(N)=O)[C@@H](F)C2)nn1. The monoisotopic (exact) mass is 433 g/mol. The van der Waals surface area contributed by atoms with Gasteiger partial charge in [-0.1, -0.05) is 0 Å². The van der Waals surface area contributed by atoms with Gasteiger partial charge in [0.1, 0.15) is 12.2 Å². The van der Waals surface area contributed by atoms with E-state index in [9.17, 15) is 4.79 Å². The standard InChI is InChI=1S/C21H20FN9O/c22-17-12-31(20-2-1-13(9-23)29-30-20)6-3-18(17)28-19-8-14(27-11-16(19)21(24)32)7-15-10-25-4-5-26-15/h1-2,4-5,8,10-11,17-18H,3,6-7,12H2,(H2,24,32)(H,27,28)/t17-,18+/m0/s1. The maximum Gasteiger partial charge on any atom is 0.252 e. The summed E-state index contributed by atoms with van der Waals surface area (Å²) in [6.07, 6.45) is 5.84. The minimum absolute atomic E-state index is 0.0989. The molecule has 2 atom stereocenters. The number of carbonyl (C=O) groups excluding carboxylic acids is 1. The second-order valence-corrected chi connectivity index (χ2v) is 7.35. The van der Waals surface area contributed by atoms with Crippen LogP contribution >= 0.6 is 0 Å². The number of nitrogens with zero attached hydrogens (tertiary/aromatic N) is 7. The summed E-state index contributed by atoms with van der Waals surface area (Å²) in [5.41, 5.74) is 7.70. The Kier molecular flexibility index (Phi) is 6.12. The molecular weight excluding hydrogens is 413 g/mol. The first-order valence-corrected chi connectivity index (χ1v) is 9.96. The number of rotatable bonds is 6. The number of anilines is 2. The minimum atomic E-state index is -1.24. The molecule has 1 saturated heterocycles. The molecule has 0 spiro atoms. The average molecular weight is 433 g/mol. The van der Waals surface area contributed by atoms with Gasteiger partial charge in [0.05, 0.1) is 29.5 Å². The van der Waals surface area contributed by atoms with Gasteiger partial charge in [0.25, 0.3) is 5.91 Å². The first-order valence-electron chi connectivity index (χ1n) is 9.96. The number of alkyl halides is 1. The molecule has 162 valence electrons. The third-order valence-electron chi connectivity index (χ3n) is 5.18. The van der Waals surface area contributed by atoms with E-state index < -0.39 is 18.1 Å². The molecule has 0 bridgehead atoms. The predicted molar refractivity (Wildman–Crippen MR) is 113 cm³/mol. The van der Waals surface area contributed by atoms with Crippen LogP contribution < -0.4 is 16.0 Å². The summed E-state index contributed by atoms with van der Waals surface area (Å²) in [6.45, 7) is 0.629. The predicted octanol–water partition coefficient (Wildman–Crippen LogP) is 1.25. The van der Waals surface area contributed by atoms with Crippen LogP contribution in [-0.4, -0.2) is 56.4 Å². The topological polar surface area (TPSA) is 147 Å². The molecule has 4 heterocycles. The summed E-state index contributed by atoms with van der Waals surface area (Å²) >= 11 is 0. The van der Waals surface area contributed by atoms with Gasteiger partial charge in [-0.2, -0.15) is 5.26 Å². The second kappa shape index (κ2) is 9.30. The molecule has 1 fully saturated rings. The van der Waals surface area contributed by atoms with Crippen molar-refractivity contribution in [2.45, 2.75) is 25.1 Å². The van der Waals surface area contributed by atoms with E-state index in [-0.39, 0.29) is 17.8 Å². The molecule has 4 rings (SSSR count). The molecule has 1 aliphatic heterocycles. The molecule has 3 aromatic rings. The van der Waals surface area contributed by atoms with Gasteiger partial charge in [-0.25, -0.2) is 4.39 Å². The summed E-state index contributed by atoms with van der Waals surface area (Å²) in [5, 5.41) is 19.8. The lowest BCUT2D eigenvalue weighted by molar-refractivity contribution is 0.100. The molecule has 11 heteroatoms. The van der Waals surface area contributed by atoms with Gasteiger partial charge in [0.15, 0.2) is 11.5 Å². The van der Waals surface area contributed by atoms with E-state index in [1.165, 1.54) is 6.20 Å². The Morgan fingerprint density at radius 2 is 2.12 bits per heavy atom. The molecule has 0 aliphatic carbocycles. The molecule has 1 amide bonds. The van der Waals surface area contributed by atoms with Crippen molar-refractivity contribution in [2.24, 2.45) is 5.73 Å². The van der Waals surface area contributed by atoms with Crippen molar-refractivity contribution >= 4 is 17.4 Å². The number of carbonyl (C=O) groups is 1. The fourth-order valence-electron chi connectivity index (χ4n) is 3.55. The van der Waals surface area contributed by atoms with Gasteiger partial charge in [-0.3, -0.25) is 19.7 Å². The van der Waals surface area contributed by atoms with Crippen LogP contribution in [0.1, 0.15) is 33.9 Å². The summed E-state index contributed by atoms with van der Waals surface area (Å²) in [5.74, 6) is -0.134. The maximum absolute atomic E-state index is 15.0. The van der Waals surface area contributed by atoms with Crippen LogP contribution in [-0.2, 0) is 6.42 Å². The third kappa shape index (κ3) is 4.75. The number of halogens is 1. The average Bonchev–Trinajstić information content (AvgIpc) is 2.81. The van der Waals surface area contributed by atoms with Gasteiger partial charge >= 0.3 is 0 Å². The van der Waals surface area contributed by atoms with Crippen molar-refractivity contribution < 1.29 is 9.18 Å². The van der Waals surface area contributed by atoms with Gasteiger partial charge in [-0.05, 0) is 24.6 Å². The van der Waals surface area contributed by atoms with Crippen LogP contribution in [0.3, 0.4) is 0 Å². The summed E-state index contributed by atoms with van der Waals surface area (Å²) in [7, 11) is 0. The number of nitrogens with two attached hydrogens (primary N) is 1. The Balaban J connectivity index is 1.48. The Morgan fingerprint density at radius 3 is 2.78 bits per heavy atom. The van der Waals surface area contributed by atoms with Crippen molar-refractivity contribution in [1.82, 2.24) is 25.1 Å². The first kappa shape index (κ1) is 21.0. The second-order valence-electron chi connectivity index (χ2n) is 7.35. The lowest BCUT2D eigenvalue weighted by Crippen LogP contribution is -2.48. The number of nitrogens with one attached hydrogen (secondary N) is 1. The number of hydrogen-bond acceptors (Lipinski definition) is 9. The van der Waals surface area contributed by atoms with E-state index in [0.717, 1.165) is 5.69 Å². The van der Waals surface area contributed by atoms with Gasteiger partial charge < -0.3 is 16.0 Å². The molecule has 3 N–H and O–H groups in total. The number of nitriles is 1. The highest BCUT2D eigenvalue weighted by atomic mass is 19.1. The number of amides is 1. The van der Waals surface area contributed by atoms with Crippen molar-refractivity contribution in [2.75, 3.05) is 23.3 Å². The number of aromatic nitrogens is 5. The number of piperidine rings is 1. The van der Waals surface area contributed by atoms with Crippen molar-refractivity contribution in [3.63, 3.8) is 0 Å². The van der Waals surface area contributed by atoms with Crippen LogP contribution in [0.25, 0.3) is 0 Å². The quantitative estimate of drug-likeness (QED) is 0.586. The molecule has 0 saturated carbocycles. The summed E-state index contributed by atoms with van der Waals surface area (Å²) in [4.78, 5) is 26.2. The normalized spacial score (nSPS) is 18.1. The van der Waals surface area contributed by atoms with Crippen LogP contribution in [0.2, 0.25) is 0 Å². The van der Waals surface area contributed by atoms with E-state index in [2.05, 4.69) is 30.5 Å². The van der Waals surface area contributed by atoms with Gasteiger partial charge in [0, 0.05) is 43.4 Å². The minimum Gasteiger partial charge on any atom is -0.378 e. The zero-order valence-corrected chi connectivity index (χ0v) is 17.0. The molecule has 0 radical (unpaired) electrons. The lowest BCUT2D eigenvalue weighted by Gasteiger charge is -2.36. The Morgan fingerprint density at radius 1 is 1.25 bits per heavy atom. The molecule has 32 heavy (non-hydrogen) atoms. The summed E-state index contributed by atoms with van der Waals surface area (Å²) in [6, 6.07) is 6.28. The fraction of sp³-hybridized carbons (Fsp3) is 0.286. The molecule has 10 nitrogen and oxygen atoms in total. The van der Waals surface area contributed by atoms with Crippen LogP contribution in [0.5, 0.6) is 0 Å². The Hall–Kier alpha value is -4.20. The molecule has 3 aromatic heterocycles. The highest BCUT2D eigenvalue weighted by Gasteiger charge is 2.31. The van der Waals surface area contributed by atoms with Gasteiger partial charge in [-0.15, -0.1) is 10.2 Å². The van der Waals surface area contributed by atoms with Crippen molar-refractivity contribution in [3.05, 3.63) is 65.6 Å². The smallest absolute Gasteiger partial charge is 0.252 e. The van der Waals surface area contributed by atoms with Crippen LogP contribution in [0, 0.1) is 11.3 Å². The first-order chi connectivity index (χ1) is 15.5. The van der Waals surface area contributed by atoms with Crippen LogP contribution in [0.4, 0.5) is 15.9 Å². The van der Waals surface area contributed by atoms with Crippen LogP contribution in [0.15, 0.2) is 43.0 Å². The van der Waals surface area contributed by atoms with E-state index in [1.807, 2.05) is 6.07 Å². The molecule has 0 aromatic carbocycles. The highest BCUT2D eigenvalue weighted by Crippen LogP contribution is 2.25. The van der Waals surface area contributed by atoms with E-state index in [1.54, 1.807) is 41.7 Å². The van der Waals surface area contributed by atoms with Crippen molar-refractivity contribution in [1.29, 1.82) is 5.26 Å². The Labute approximate surface area is 183 Å². The van der Waals surface area contributed by atoms with Crippen molar-refractivity contribution in [3.8, 4) is 6.07 Å². The third-order valence-corrected chi connectivity index (χ3v) is 5.18. The number of hydrogen-bond donors (Lipinski definition) is 2. The number of pyridine rings is 1.